The van der Waals surface area contributed by atoms with Crippen LogP contribution in [0.4, 0.5) is 13.2 Å². The third-order valence-corrected chi connectivity index (χ3v) is 5.52. The predicted molar refractivity (Wildman–Crippen MR) is 118 cm³/mol. The number of fused-ring (bicyclic) bond motifs is 1. The van der Waals surface area contributed by atoms with Crippen LogP contribution in [0.25, 0.3) is 16.9 Å². The molecule has 2 aromatic heterocycles. The number of ether oxygens (including phenoxy) is 1. The number of rotatable bonds is 5. The van der Waals surface area contributed by atoms with Crippen LogP contribution in [0.5, 0.6) is 5.75 Å². The molecular weight excluding hydrogens is 480 g/mol. The van der Waals surface area contributed by atoms with E-state index in [0.717, 1.165) is 11.6 Å². The van der Waals surface area contributed by atoms with Gasteiger partial charge >= 0.3 is 6.18 Å². The monoisotopic (exact) mass is 494 g/mol. The first-order chi connectivity index (χ1) is 15.7. The molecule has 0 aliphatic heterocycles. The highest BCUT2D eigenvalue weighted by molar-refractivity contribution is 6.42. The van der Waals surface area contributed by atoms with Gasteiger partial charge in [-0.2, -0.15) is 18.3 Å². The van der Waals surface area contributed by atoms with E-state index >= 15 is 0 Å². The number of carbonyl (C=O) groups is 1. The molecule has 33 heavy (non-hydrogen) atoms. The van der Waals surface area contributed by atoms with Crippen LogP contribution in [0, 0.1) is 0 Å². The number of hydrogen-bond acceptors (Lipinski definition) is 4. The van der Waals surface area contributed by atoms with Crippen molar-refractivity contribution in [3.05, 3.63) is 81.6 Å². The maximum absolute atomic E-state index is 13.8. The molecule has 0 aliphatic carbocycles. The summed E-state index contributed by atoms with van der Waals surface area (Å²) >= 11 is 11.9. The van der Waals surface area contributed by atoms with Crippen molar-refractivity contribution in [2.45, 2.75) is 12.7 Å². The quantitative estimate of drug-likeness (QED) is 0.388. The highest BCUT2D eigenvalue weighted by Gasteiger charge is 2.35. The Kier molecular flexibility index (Phi) is 6.18. The number of alkyl halides is 3. The van der Waals surface area contributed by atoms with Crippen molar-refractivity contribution >= 4 is 34.8 Å². The second-order valence-corrected chi connectivity index (χ2v) is 7.80. The lowest BCUT2D eigenvalue weighted by Gasteiger charge is -2.11. The summed E-state index contributed by atoms with van der Waals surface area (Å²) in [7, 11) is 1.54. The molecule has 0 atom stereocenters. The van der Waals surface area contributed by atoms with Gasteiger partial charge in [-0.1, -0.05) is 41.4 Å². The fourth-order valence-corrected chi connectivity index (χ4v) is 3.41. The number of benzene rings is 2. The lowest BCUT2D eigenvalue weighted by atomic mass is 10.1. The number of amides is 1. The van der Waals surface area contributed by atoms with E-state index in [-0.39, 0.29) is 33.6 Å². The van der Waals surface area contributed by atoms with Crippen LogP contribution in [0.2, 0.25) is 10.0 Å². The third kappa shape index (κ3) is 4.89. The maximum atomic E-state index is 13.8. The minimum absolute atomic E-state index is 0.0125. The lowest BCUT2D eigenvalue weighted by Crippen LogP contribution is -2.23. The SMILES string of the molecule is COc1ccc(CNC(=O)c2cc3nc(-c4ccc(Cl)c(Cl)c4)cc(C(F)(F)F)n3n2)cc1. The summed E-state index contributed by atoms with van der Waals surface area (Å²) in [5.41, 5.74) is -0.289. The van der Waals surface area contributed by atoms with Gasteiger partial charge < -0.3 is 10.1 Å². The van der Waals surface area contributed by atoms with Gasteiger partial charge in [-0.15, -0.1) is 0 Å². The van der Waals surface area contributed by atoms with Crippen molar-refractivity contribution < 1.29 is 22.7 Å². The van der Waals surface area contributed by atoms with Crippen molar-refractivity contribution in [2.75, 3.05) is 7.11 Å². The van der Waals surface area contributed by atoms with Crippen molar-refractivity contribution in [1.82, 2.24) is 19.9 Å². The number of aromatic nitrogens is 3. The fourth-order valence-electron chi connectivity index (χ4n) is 3.11. The molecule has 0 spiro atoms. The molecule has 0 bridgehead atoms. The highest BCUT2D eigenvalue weighted by Crippen LogP contribution is 2.34. The molecule has 0 unspecified atom stereocenters. The average molecular weight is 495 g/mol. The van der Waals surface area contributed by atoms with Crippen LogP contribution < -0.4 is 10.1 Å². The average Bonchev–Trinajstić information content (AvgIpc) is 3.22. The lowest BCUT2D eigenvalue weighted by molar-refractivity contribution is -0.142. The van der Waals surface area contributed by atoms with E-state index in [1.54, 1.807) is 24.3 Å². The van der Waals surface area contributed by atoms with Crippen molar-refractivity contribution in [3.63, 3.8) is 0 Å². The molecule has 6 nitrogen and oxygen atoms in total. The number of hydrogen-bond donors (Lipinski definition) is 1. The van der Waals surface area contributed by atoms with Gasteiger partial charge in [0.1, 0.15) is 5.75 Å². The first kappa shape index (κ1) is 22.9. The largest absolute Gasteiger partial charge is 0.497 e. The molecule has 1 N–H and O–H groups in total. The van der Waals surface area contributed by atoms with E-state index in [4.69, 9.17) is 27.9 Å². The first-order valence-electron chi connectivity index (χ1n) is 9.50. The third-order valence-electron chi connectivity index (χ3n) is 4.78. The molecule has 2 heterocycles. The summed E-state index contributed by atoms with van der Waals surface area (Å²) in [6.45, 7) is 0.158. The van der Waals surface area contributed by atoms with Crippen LogP contribution in [-0.2, 0) is 12.7 Å². The Morgan fingerprint density at radius 1 is 1.06 bits per heavy atom. The molecule has 0 fully saturated rings. The van der Waals surface area contributed by atoms with Gasteiger partial charge in [-0.3, -0.25) is 4.79 Å². The summed E-state index contributed by atoms with van der Waals surface area (Å²) in [5.74, 6) is 0.0227. The summed E-state index contributed by atoms with van der Waals surface area (Å²) in [6, 6.07) is 13.4. The van der Waals surface area contributed by atoms with Gasteiger partial charge in [0.05, 0.1) is 22.8 Å². The number of nitrogens with one attached hydrogen (secondary N) is 1. The Hall–Kier alpha value is -3.30. The molecule has 4 aromatic rings. The molecule has 0 saturated carbocycles. The Balaban J connectivity index is 1.67. The summed E-state index contributed by atoms with van der Waals surface area (Å²) in [4.78, 5) is 16.8. The zero-order valence-corrected chi connectivity index (χ0v) is 18.5. The molecule has 0 radical (unpaired) electrons. The van der Waals surface area contributed by atoms with Gasteiger partial charge in [0.15, 0.2) is 17.0 Å². The zero-order chi connectivity index (χ0) is 23.8. The van der Waals surface area contributed by atoms with Crippen LogP contribution in [0.15, 0.2) is 54.6 Å². The summed E-state index contributed by atoms with van der Waals surface area (Å²) in [6.07, 6.45) is -4.74. The maximum Gasteiger partial charge on any atom is 0.433 e. The minimum atomic E-state index is -4.74. The van der Waals surface area contributed by atoms with Gasteiger partial charge in [-0.05, 0) is 35.9 Å². The van der Waals surface area contributed by atoms with Gasteiger partial charge in [0.25, 0.3) is 5.91 Å². The van der Waals surface area contributed by atoms with E-state index in [0.29, 0.717) is 15.8 Å². The van der Waals surface area contributed by atoms with Gasteiger partial charge in [0, 0.05) is 18.2 Å². The molecule has 0 aliphatic rings. The van der Waals surface area contributed by atoms with Gasteiger partial charge in [0.2, 0.25) is 0 Å². The Labute approximate surface area is 195 Å². The van der Waals surface area contributed by atoms with Crippen molar-refractivity contribution in [1.29, 1.82) is 0 Å². The van der Waals surface area contributed by atoms with Crippen LogP contribution in [0.1, 0.15) is 21.7 Å². The Morgan fingerprint density at radius 2 is 1.79 bits per heavy atom. The first-order valence-corrected chi connectivity index (χ1v) is 10.3. The second-order valence-electron chi connectivity index (χ2n) is 6.98. The van der Waals surface area contributed by atoms with E-state index in [1.165, 1.54) is 31.4 Å². The minimum Gasteiger partial charge on any atom is -0.497 e. The van der Waals surface area contributed by atoms with E-state index in [1.807, 2.05) is 0 Å². The standard InChI is InChI=1S/C22H15Cl2F3N4O2/c1-33-14-5-2-12(3-6-14)11-28-21(32)18-10-20-29-17(13-4-7-15(23)16(24)8-13)9-19(22(25,26)27)31(20)30-18/h2-10H,11H2,1H3,(H,28,32). The molecule has 0 saturated heterocycles. The molecule has 1 amide bonds. The molecule has 4 rings (SSSR count). The predicted octanol–water partition coefficient (Wildman–Crippen LogP) is 5.66. The smallest absolute Gasteiger partial charge is 0.433 e. The van der Waals surface area contributed by atoms with E-state index < -0.39 is 17.8 Å². The van der Waals surface area contributed by atoms with E-state index in [2.05, 4.69) is 15.4 Å². The zero-order valence-electron chi connectivity index (χ0n) is 17.0. The number of nitrogens with zero attached hydrogens (tertiary/aromatic N) is 3. The number of carbonyl (C=O) groups excluding carboxylic acids is 1. The van der Waals surface area contributed by atoms with E-state index in [9.17, 15) is 18.0 Å². The highest BCUT2D eigenvalue weighted by atomic mass is 35.5. The Morgan fingerprint density at radius 3 is 2.42 bits per heavy atom. The second kappa shape index (κ2) is 8.92. The van der Waals surface area contributed by atoms with Crippen molar-refractivity contribution in [2.24, 2.45) is 0 Å². The van der Waals surface area contributed by atoms with Crippen LogP contribution in [-0.4, -0.2) is 27.6 Å². The van der Waals surface area contributed by atoms with Crippen LogP contribution in [0.3, 0.4) is 0 Å². The number of methoxy groups -OCH3 is 1. The summed E-state index contributed by atoms with van der Waals surface area (Å²) < 4.78 is 46.9. The fraction of sp³-hybridized carbons (Fsp3) is 0.136. The molecular formula is C22H15Cl2F3N4O2. The van der Waals surface area contributed by atoms with Crippen molar-refractivity contribution in [3.8, 4) is 17.0 Å². The summed E-state index contributed by atoms with van der Waals surface area (Å²) in [5, 5.41) is 6.91. The Bertz CT molecular complexity index is 1340. The topological polar surface area (TPSA) is 68.5 Å². The molecule has 2 aromatic carbocycles. The van der Waals surface area contributed by atoms with Crippen LogP contribution >= 0.6 is 23.2 Å². The normalized spacial score (nSPS) is 11.6. The number of halogens is 5. The molecule has 11 heteroatoms. The van der Waals surface area contributed by atoms with Gasteiger partial charge in [-0.25, -0.2) is 9.50 Å². The molecule has 170 valence electrons.